The van der Waals surface area contributed by atoms with Gasteiger partial charge in [-0.2, -0.15) is 0 Å². The molecule has 3 atom stereocenters. The molecule has 1 heterocycles. The number of rotatable bonds is 4. The van der Waals surface area contributed by atoms with Gasteiger partial charge in [0.05, 0.1) is 6.04 Å². The average Bonchev–Trinajstić information content (AvgIpc) is 3.28. The zero-order valence-corrected chi connectivity index (χ0v) is 11.8. The Kier molecular flexibility index (Phi) is 3.92. The van der Waals surface area contributed by atoms with Gasteiger partial charge in [-0.15, -0.1) is 6.58 Å². The third-order valence-corrected chi connectivity index (χ3v) is 5.05. The lowest BCUT2D eigenvalue weighted by Crippen LogP contribution is -2.56. The number of hydrogen-bond donors (Lipinski definition) is 1. The molecule has 19 heavy (non-hydrogen) atoms. The SMILES string of the molecule is C=CCN(C(=O)C1CCC2CCCCC2N1)C1CC1. The molecule has 3 unspecified atom stereocenters. The van der Waals surface area contributed by atoms with E-state index in [4.69, 9.17) is 0 Å². The van der Waals surface area contributed by atoms with Crippen molar-refractivity contribution in [3.8, 4) is 0 Å². The summed E-state index contributed by atoms with van der Waals surface area (Å²) >= 11 is 0. The molecule has 3 nitrogen and oxygen atoms in total. The molecular weight excluding hydrogens is 236 g/mol. The predicted octanol–water partition coefficient (Wildman–Crippen LogP) is 2.47. The van der Waals surface area contributed by atoms with Crippen molar-refractivity contribution < 1.29 is 4.79 Å². The molecule has 3 aliphatic rings. The normalized spacial score (nSPS) is 34.4. The number of hydrogen-bond acceptors (Lipinski definition) is 2. The van der Waals surface area contributed by atoms with Crippen molar-refractivity contribution in [3.05, 3.63) is 12.7 Å². The fourth-order valence-electron chi connectivity index (χ4n) is 3.83. The van der Waals surface area contributed by atoms with Crippen LogP contribution in [-0.4, -0.2) is 35.5 Å². The first kappa shape index (κ1) is 13.2. The van der Waals surface area contributed by atoms with E-state index in [9.17, 15) is 4.79 Å². The number of fused-ring (bicyclic) bond motifs is 1. The van der Waals surface area contributed by atoms with Gasteiger partial charge in [0.2, 0.25) is 5.91 Å². The molecule has 0 bridgehead atoms. The molecule has 1 aliphatic heterocycles. The minimum absolute atomic E-state index is 0.0694. The Morgan fingerprint density at radius 2 is 1.95 bits per heavy atom. The molecule has 0 aromatic carbocycles. The van der Waals surface area contributed by atoms with Crippen LogP contribution in [0.15, 0.2) is 12.7 Å². The Labute approximate surface area is 116 Å². The van der Waals surface area contributed by atoms with Gasteiger partial charge in [-0.05, 0) is 44.4 Å². The van der Waals surface area contributed by atoms with Crippen LogP contribution in [0.1, 0.15) is 51.4 Å². The highest BCUT2D eigenvalue weighted by Crippen LogP contribution is 2.34. The molecule has 3 heteroatoms. The van der Waals surface area contributed by atoms with E-state index in [1.807, 2.05) is 11.0 Å². The van der Waals surface area contributed by atoms with Crippen LogP contribution in [0.25, 0.3) is 0 Å². The summed E-state index contributed by atoms with van der Waals surface area (Å²) in [4.78, 5) is 14.7. The van der Waals surface area contributed by atoms with Gasteiger partial charge < -0.3 is 10.2 Å². The average molecular weight is 262 g/mol. The first-order chi connectivity index (χ1) is 9.29. The molecule has 1 saturated heterocycles. The van der Waals surface area contributed by atoms with E-state index in [2.05, 4.69) is 11.9 Å². The minimum Gasteiger partial charge on any atom is -0.335 e. The second-order valence-corrected chi connectivity index (χ2v) is 6.46. The van der Waals surface area contributed by atoms with Gasteiger partial charge in [0.15, 0.2) is 0 Å². The quantitative estimate of drug-likeness (QED) is 0.789. The molecular formula is C16H26N2O. The van der Waals surface area contributed by atoms with E-state index >= 15 is 0 Å². The van der Waals surface area contributed by atoms with Crippen molar-refractivity contribution in [1.29, 1.82) is 0 Å². The molecule has 106 valence electrons. The third-order valence-electron chi connectivity index (χ3n) is 5.05. The number of nitrogens with zero attached hydrogens (tertiary/aromatic N) is 1. The van der Waals surface area contributed by atoms with Crippen molar-refractivity contribution in [2.45, 2.75) is 69.5 Å². The fraction of sp³-hybridized carbons (Fsp3) is 0.812. The summed E-state index contributed by atoms with van der Waals surface area (Å²) in [5, 5.41) is 3.65. The summed E-state index contributed by atoms with van der Waals surface area (Å²) < 4.78 is 0. The monoisotopic (exact) mass is 262 g/mol. The Hall–Kier alpha value is -0.830. The highest BCUT2D eigenvalue weighted by Gasteiger charge is 2.39. The van der Waals surface area contributed by atoms with Crippen molar-refractivity contribution in [2.75, 3.05) is 6.54 Å². The second-order valence-electron chi connectivity index (χ2n) is 6.46. The van der Waals surface area contributed by atoms with Gasteiger partial charge in [-0.1, -0.05) is 18.9 Å². The lowest BCUT2D eigenvalue weighted by Gasteiger charge is -2.41. The van der Waals surface area contributed by atoms with Crippen molar-refractivity contribution in [2.24, 2.45) is 5.92 Å². The Morgan fingerprint density at radius 3 is 2.68 bits per heavy atom. The van der Waals surface area contributed by atoms with Crippen LogP contribution in [0, 0.1) is 5.92 Å². The lowest BCUT2D eigenvalue weighted by molar-refractivity contribution is -0.135. The Bertz CT molecular complexity index is 351. The molecule has 1 N–H and O–H groups in total. The molecule has 0 aromatic rings. The highest BCUT2D eigenvalue weighted by molar-refractivity contribution is 5.82. The van der Waals surface area contributed by atoms with Crippen LogP contribution < -0.4 is 5.32 Å². The summed E-state index contributed by atoms with van der Waals surface area (Å²) in [5.74, 6) is 1.15. The molecule has 1 amide bonds. The predicted molar refractivity (Wildman–Crippen MR) is 76.8 cm³/mol. The van der Waals surface area contributed by atoms with E-state index in [0.717, 1.165) is 18.9 Å². The Morgan fingerprint density at radius 1 is 1.16 bits per heavy atom. The molecule has 2 aliphatic carbocycles. The van der Waals surface area contributed by atoms with E-state index in [1.165, 1.54) is 44.9 Å². The number of carbonyl (C=O) groups excluding carboxylic acids is 1. The van der Waals surface area contributed by atoms with E-state index < -0.39 is 0 Å². The summed E-state index contributed by atoms with van der Waals surface area (Å²) in [5.41, 5.74) is 0. The molecule has 3 fully saturated rings. The third kappa shape index (κ3) is 2.86. The van der Waals surface area contributed by atoms with Crippen molar-refractivity contribution in [1.82, 2.24) is 10.2 Å². The van der Waals surface area contributed by atoms with E-state index in [-0.39, 0.29) is 6.04 Å². The summed E-state index contributed by atoms with van der Waals surface area (Å²) in [6.07, 6.45) is 11.8. The maximum atomic E-state index is 12.7. The standard InChI is InChI=1S/C16H26N2O/c1-2-11-18(13-8-9-13)16(19)15-10-7-12-5-3-4-6-14(12)17-15/h2,12-15,17H,1,3-11H2. The number of nitrogens with one attached hydrogen (secondary N) is 1. The summed E-state index contributed by atoms with van der Waals surface area (Å²) in [7, 11) is 0. The van der Waals surface area contributed by atoms with Gasteiger partial charge in [0.25, 0.3) is 0 Å². The zero-order valence-electron chi connectivity index (χ0n) is 11.8. The topological polar surface area (TPSA) is 32.3 Å². The van der Waals surface area contributed by atoms with Crippen LogP contribution in [-0.2, 0) is 4.79 Å². The first-order valence-electron chi connectivity index (χ1n) is 7.97. The van der Waals surface area contributed by atoms with E-state index in [1.54, 1.807) is 0 Å². The number of piperidine rings is 1. The lowest BCUT2D eigenvalue weighted by atomic mass is 9.77. The van der Waals surface area contributed by atoms with Gasteiger partial charge in [-0.3, -0.25) is 4.79 Å². The summed E-state index contributed by atoms with van der Waals surface area (Å²) in [6.45, 7) is 4.51. The Balaban J connectivity index is 1.61. The van der Waals surface area contributed by atoms with Gasteiger partial charge in [-0.25, -0.2) is 0 Å². The van der Waals surface area contributed by atoms with Gasteiger partial charge in [0, 0.05) is 18.6 Å². The van der Waals surface area contributed by atoms with Crippen molar-refractivity contribution >= 4 is 5.91 Å². The molecule has 3 rings (SSSR count). The van der Waals surface area contributed by atoms with Crippen LogP contribution in [0.5, 0.6) is 0 Å². The summed E-state index contributed by atoms with van der Waals surface area (Å²) in [6, 6.07) is 1.16. The van der Waals surface area contributed by atoms with Crippen LogP contribution in [0.2, 0.25) is 0 Å². The molecule has 2 saturated carbocycles. The van der Waals surface area contributed by atoms with Crippen LogP contribution >= 0.6 is 0 Å². The fourth-order valence-corrected chi connectivity index (χ4v) is 3.83. The number of amides is 1. The number of carbonyl (C=O) groups is 1. The largest absolute Gasteiger partial charge is 0.335 e. The van der Waals surface area contributed by atoms with Gasteiger partial charge in [0.1, 0.15) is 0 Å². The zero-order chi connectivity index (χ0) is 13.2. The maximum absolute atomic E-state index is 12.7. The van der Waals surface area contributed by atoms with E-state index in [0.29, 0.717) is 18.0 Å². The smallest absolute Gasteiger partial charge is 0.240 e. The van der Waals surface area contributed by atoms with Gasteiger partial charge >= 0.3 is 0 Å². The van der Waals surface area contributed by atoms with Crippen LogP contribution in [0.4, 0.5) is 0 Å². The van der Waals surface area contributed by atoms with Crippen LogP contribution in [0.3, 0.4) is 0 Å². The molecule has 0 aromatic heterocycles. The first-order valence-corrected chi connectivity index (χ1v) is 7.97. The maximum Gasteiger partial charge on any atom is 0.240 e. The highest BCUT2D eigenvalue weighted by atomic mass is 16.2. The van der Waals surface area contributed by atoms with Crippen molar-refractivity contribution in [3.63, 3.8) is 0 Å². The molecule has 0 spiro atoms. The second kappa shape index (κ2) is 5.66. The molecule has 0 radical (unpaired) electrons. The minimum atomic E-state index is 0.0694.